The molecule has 10 aromatic carbocycles. The van der Waals surface area contributed by atoms with Crippen LogP contribution in [0.25, 0.3) is 0 Å². The first kappa shape index (κ1) is 87.5. The van der Waals surface area contributed by atoms with Crippen LogP contribution >= 0.6 is 0 Å². The Labute approximate surface area is 720 Å². The van der Waals surface area contributed by atoms with E-state index in [2.05, 4.69) is 146 Å². The van der Waals surface area contributed by atoms with Crippen molar-refractivity contribution in [1.29, 1.82) is 0 Å². The van der Waals surface area contributed by atoms with Crippen LogP contribution in [0, 0.1) is 5.92 Å². The van der Waals surface area contributed by atoms with Gasteiger partial charge in [-0.15, -0.1) is 0 Å². The number of carbonyl (C=O) groups excluding carboxylic acids is 2. The molecule has 18 atom stereocenters. The van der Waals surface area contributed by atoms with Crippen LogP contribution in [0.4, 0.5) is 0 Å². The van der Waals surface area contributed by atoms with E-state index >= 15 is 0 Å². The third-order valence-electron chi connectivity index (χ3n) is 24.0. The first-order valence-corrected chi connectivity index (χ1v) is 46.5. The van der Waals surface area contributed by atoms with Gasteiger partial charge in [0.2, 0.25) is 0 Å². The lowest BCUT2D eigenvalue weighted by molar-refractivity contribution is -0.350. The van der Waals surface area contributed by atoms with Crippen LogP contribution in [0.3, 0.4) is 0 Å². The summed E-state index contributed by atoms with van der Waals surface area (Å²) in [7, 11) is -6.75. The highest BCUT2D eigenvalue weighted by Crippen LogP contribution is 2.47. The maximum absolute atomic E-state index is 14.7. The Hall–Kier alpha value is -9.41. The summed E-state index contributed by atoms with van der Waals surface area (Å²) in [5, 5.41) is 3.32. The second kappa shape index (κ2) is 39.6. The maximum Gasteiger partial charge on any atom is 0.338 e. The number of esters is 2. The monoisotopic (exact) mass is 1680 g/mol. The van der Waals surface area contributed by atoms with Gasteiger partial charge in [-0.3, -0.25) is 0 Å². The zero-order valence-electron chi connectivity index (χ0n) is 71.2. The average molecular weight is 1680 g/mol. The van der Waals surface area contributed by atoms with Gasteiger partial charge >= 0.3 is 11.9 Å². The molecule has 6 unspecified atom stereocenters. The van der Waals surface area contributed by atoms with Crippen LogP contribution in [-0.4, -0.2) is 152 Å². The normalized spacial score (nSPS) is 26.6. The molecular formula is C102H114O18Si2. The van der Waals surface area contributed by atoms with E-state index < -0.39 is 154 Å². The smallest absolute Gasteiger partial charge is 0.338 e. The van der Waals surface area contributed by atoms with E-state index in [1.807, 2.05) is 197 Å². The molecule has 0 N–H and O–H groups in total. The van der Waals surface area contributed by atoms with Gasteiger partial charge in [-0.1, -0.05) is 328 Å². The van der Waals surface area contributed by atoms with Gasteiger partial charge in [-0.2, -0.15) is 0 Å². The molecule has 0 bridgehead atoms. The quantitative estimate of drug-likeness (QED) is 0.0286. The molecule has 18 nitrogen and oxygen atoms in total. The van der Waals surface area contributed by atoms with E-state index in [1.54, 1.807) is 42.7 Å². The van der Waals surface area contributed by atoms with E-state index in [0.717, 1.165) is 43.0 Å². The molecule has 0 spiro atoms. The van der Waals surface area contributed by atoms with Crippen molar-refractivity contribution in [2.24, 2.45) is 5.92 Å². The molecule has 638 valence electrons. The van der Waals surface area contributed by atoms with Gasteiger partial charge in [-0.05, 0) is 104 Å². The topological polar surface area (TPSA) is 182 Å². The molecule has 4 heterocycles. The number of benzene rings is 10. The number of hydrogen-bond acceptors (Lipinski definition) is 18. The lowest BCUT2D eigenvalue weighted by Gasteiger charge is -2.50. The summed E-state index contributed by atoms with van der Waals surface area (Å²) in [6.45, 7) is 21.7. The Morgan fingerprint density at radius 1 is 0.377 bits per heavy atom. The Kier molecular flexibility index (Phi) is 28.4. The summed E-state index contributed by atoms with van der Waals surface area (Å²) in [6.07, 6.45) is -13.5. The zero-order valence-corrected chi connectivity index (χ0v) is 73.2. The molecule has 0 radical (unpaired) electrons. The van der Waals surface area contributed by atoms with E-state index in [-0.39, 0.29) is 46.1 Å². The number of hydrogen-bond donors (Lipinski definition) is 0. The summed E-state index contributed by atoms with van der Waals surface area (Å²) in [4.78, 5) is 29.3. The van der Waals surface area contributed by atoms with Gasteiger partial charge in [0.1, 0.15) is 61.0 Å². The zero-order chi connectivity index (χ0) is 84.9. The van der Waals surface area contributed by atoms with E-state index in [1.165, 1.54) is 0 Å². The highest BCUT2D eigenvalue weighted by molar-refractivity contribution is 7.00. The van der Waals surface area contributed by atoms with Crippen LogP contribution < -0.4 is 20.7 Å². The highest BCUT2D eigenvalue weighted by atomic mass is 28.4. The lowest BCUT2D eigenvalue weighted by atomic mass is 9.80. The van der Waals surface area contributed by atoms with Crippen molar-refractivity contribution >= 4 is 49.3 Å². The van der Waals surface area contributed by atoms with Gasteiger partial charge in [0.15, 0.2) is 30.6 Å². The molecule has 1 aliphatic carbocycles. The standard InChI is InChI=1S/C102H114O18Si2/c1-70-83(63-84(106-64-72-41-21-11-22-42-72)90(117-97(104)77-51-31-16-32-52-77)87(70)107-65-73-43-23-12-24-44-73)113-95-93-91(119-102(9,10)120-93)86(69-111-122(101(6,7)8,80-57-37-19-38-58-80)81-59-39-20-40-60-81)115-99(95)118-89-82(61-62-105-85(89)68-110-121(100(3,4)5,78-53-33-17-34-54-78)79-55-35-18-36-56-79)114-98-94(109-67-75-47-27-14-28-48-75)92(108-66-74-45-25-13-26-46-74)88(71(2)112-98)116-96(103)76-49-29-15-30-50-76/h11-62,70-71,82-95,98-99H,63-69H2,1-10H3/t70?,71?,82-,83-,84?,85?,86?,87+,88-,89-,90+,91+,92?,93+,94+,95-,98-,99+/m1/s1. The van der Waals surface area contributed by atoms with E-state index in [9.17, 15) is 9.59 Å². The van der Waals surface area contributed by atoms with E-state index in [0.29, 0.717) is 11.1 Å². The van der Waals surface area contributed by atoms with Crippen LogP contribution in [0.5, 0.6) is 0 Å². The van der Waals surface area contributed by atoms with Gasteiger partial charge in [-0.25, -0.2) is 9.59 Å². The Morgan fingerprint density at radius 2 is 0.746 bits per heavy atom. The Morgan fingerprint density at radius 3 is 1.18 bits per heavy atom. The number of fused-ring (bicyclic) bond motifs is 1. The minimum absolute atomic E-state index is 0.00949. The van der Waals surface area contributed by atoms with Gasteiger partial charge in [0.25, 0.3) is 16.6 Å². The fourth-order valence-corrected chi connectivity index (χ4v) is 27.1. The summed E-state index contributed by atoms with van der Waals surface area (Å²) in [6, 6.07) is 99.4. The van der Waals surface area contributed by atoms with Crippen molar-refractivity contribution in [2.75, 3.05) is 13.2 Å². The first-order valence-electron chi connectivity index (χ1n) is 42.7. The second-order valence-corrected chi connectivity index (χ2v) is 43.4. The minimum atomic E-state index is -3.40. The summed E-state index contributed by atoms with van der Waals surface area (Å²) in [5.41, 5.74) is 4.31. The fourth-order valence-electron chi connectivity index (χ4n) is 18.0. The minimum Gasteiger partial charge on any atom is -0.493 e. The molecule has 5 aliphatic rings. The summed E-state index contributed by atoms with van der Waals surface area (Å²) < 4.78 is 119. The van der Waals surface area contributed by atoms with Crippen LogP contribution in [0.1, 0.15) is 119 Å². The van der Waals surface area contributed by atoms with Crippen molar-refractivity contribution in [3.63, 3.8) is 0 Å². The molecule has 1 saturated carbocycles. The average Bonchev–Trinajstić information content (AvgIpc) is 0.811. The molecular weight excluding hydrogens is 1570 g/mol. The number of ether oxygens (including phenoxy) is 14. The van der Waals surface area contributed by atoms with Crippen molar-refractivity contribution in [1.82, 2.24) is 0 Å². The van der Waals surface area contributed by atoms with Crippen LogP contribution in [-0.2, 0) is 102 Å². The van der Waals surface area contributed by atoms with Gasteiger partial charge in [0, 0.05) is 12.3 Å². The molecule has 4 fully saturated rings. The molecule has 20 heteroatoms. The van der Waals surface area contributed by atoms with Crippen molar-refractivity contribution in [3.05, 3.63) is 349 Å². The second-order valence-electron chi connectivity index (χ2n) is 34.8. The molecule has 0 amide bonds. The fraction of sp³-hybridized carbons (Fsp3) is 0.373. The number of rotatable bonds is 32. The third kappa shape index (κ3) is 20.2. The Balaban J connectivity index is 0.874. The molecule has 10 aromatic rings. The predicted octanol–water partition coefficient (Wildman–Crippen LogP) is 16.4. The summed E-state index contributed by atoms with van der Waals surface area (Å²) >= 11 is 0. The summed E-state index contributed by atoms with van der Waals surface area (Å²) in [5.74, 6) is -2.85. The van der Waals surface area contributed by atoms with Crippen LogP contribution in [0.2, 0.25) is 10.1 Å². The van der Waals surface area contributed by atoms with Crippen LogP contribution in [0.15, 0.2) is 316 Å². The SMILES string of the molecule is CC1O[C@H](O[C@@H]2C=COC(CO[Si](c3ccccc3)(c3ccccc3)C(C)(C)C)[C@@H]2O[C@@H]2OC(CO[Si](c3ccccc3)(c3ccccc3)C(C)(C)C)[C@@H]3OC(C)(C)O[C@@H]3[C@H]2O[C@@H]2CC(OCc3ccccc3)[C@H](OC(=O)c3ccccc3)[C@@H](OCc3ccccc3)C2C)[C@@H](OCc2ccccc2)C(OCc2ccccc2)[C@@H]1OC(=O)c1ccccc1. The molecule has 122 heavy (non-hydrogen) atoms. The van der Waals surface area contributed by atoms with Gasteiger partial charge in [0.05, 0.1) is 75.3 Å². The van der Waals surface area contributed by atoms with Crippen molar-refractivity contribution in [2.45, 2.75) is 222 Å². The molecule has 3 saturated heterocycles. The maximum atomic E-state index is 14.7. The van der Waals surface area contributed by atoms with Crippen molar-refractivity contribution < 1.29 is 84.8 Å². The molecule has 4 aliphatic heterocycles. The lowest BCUT2D eigenvalue weighted by Crippen LogP contribution is -2.69. The predicted molar refractivity (Wildman–Crippen MR) is 472 cm³/mol. The third-order valence-corrected chi connectivity index (χ3v) is 34.0. The number of carbonyl (C=O) groups is 2. The van der Waals surface area contributed by atoms with Crippen molar-refractivity contribution in [3.8, 4) is 0 Å². The highest BCUT2D eigenvalue weighted by Gasteiger charge is 2.62. The Bertz CT molecular complexity index is 4840. The first-order chi connectivity index (χ1) is 59.1. The van der Waals surface area contributed by atoms with E-state index in [4.69, 9.17) is 75.2 Å². The molecule has 15 rings (SSSR count). The van der Waals surface area contributed by atoms with Gasteiger partial charge < -0.3 is 75.2 Å². The molecule has 0 aromatic heterocycles. The largest absolute Gasteiger partial charge is 0.493 e.